The van der Waals surface area contributed by atoms with E-state index < -0.39 is 0 Å². The Morgan fingerprint density at radius 2 is 1.88 bits per heavy atom. The number of nitrogens with zero attached hydrogens (tertiary/aromatic N) is 1. The summed E-state index contributed by atoms with van der Waals surface area (Å²) >= 11 is 0. The van der Waals surface area contributed by atoms with Crippen LogP contribution in [0.2, 0.25) is 0 Å². The van der Waals surface area contributed by atoms with Crippen molar-refractivity contribution >= 4 is 5.91 Å². The largest absolute Gasteiger partial charge is 0.376 e. The summed E-state index contributed by atoms with van der Waals surface area (Å²) in [5, 5.41) is 1.21. The van der Waals surface area contributed by atoms with Crippen molar-refractivity contribution in [1.29, 1.82) is 0 Å². The molecular formula is C21H41NO3. The first kappa shape index (κ1) is 24.1. The van der Waals surface area contributed by atoms with Gasteiger partial charge in [0.15, 0.2) is 0 Å². The molecule has 1 saturated carbocycles. The lowest BCUT2D eigenvalue weighted by Crippen LogP contribution is -2.24. The van der Waals surface area contributed by atoms with Crippen LogP contribution in [-0.2, 0) is 14.4 Å². The van der Waals surface area contributed by atoms with E-state index in [4.69, 9.17) is 9.57 Å². The molecule has 0 radical (unpaired) electrons. The Balaban J connectivity index is 0.000000972. The Morgan fingerprint density at radius 3 is 2.28 bits per heavy atom. The Hall–Kier alpha value is -0.870. The summed E-state index contributed by atoms with van der Waals surface area (Å²) in [5.41, 5.74) is -0.0844. The van der Waals surface area contributed by atoms with Gasteiger partial charge in [-0.2, -0.15) is 0 Å². The topological polar surface area (TPSA) is 38.8 Å². The standard InChI is InChI=1S/C16H31NO3.C5H10/c1-7-10-14(13-20-16(2,3)4)11-8-9-12-15(18)17(5)19-6;1-5-3-2-4-5/h9,12,14H,7-8,10-11,13H2,1-6H3;5H,2-4H2,1H3/b12-9+;/t14-;/m1./s1. The Morgan fingerprint density at radius 1 is 1.28 bits per heavy atom. The van der Waals surface area contributed by atoms with Crippen molar-refractivity contribution in [3.05, 3.63) is 12.2 Å². The summed E-state index contributed by atoms with van der Waals surface area (Å²) in [7, 11) is 3.08. The van der Waals surface area contributed by atoms with Crippen LogP contribution in [-0.4, -0.2) is 37.3 Å². The fraction of sp³-hybridized carbons (Fsp3) is 0.857. The molecule has 0 aliphatic heterocycles. The summed E-state index contributed by atoms with van der Waals surface area (Å²) in [5.74, 6) is 1.49. The van der Waals surface area contributed by atoms with Crippen molar-refractivity contribution in [2.45, 2.75) is 85.2 Å². The van der Waals surface area contributed by atoms with Gasteiger partial charge in [-0.3, -0.25) is 9.63 Å². The molecule has 0 bridgehead atoms. The van der Waals surface area contributed by atoms with Gasteiger partial charge in [-0.05, 0) is 51.9 Å². The molecule has 0 aromatic carbocycles. The molecule has 1 amide bonds. The van der Waals surface area contributed by atoms with E-state index in [-0.39, 0.29) is 11.5 Å². The molecule has 0 aromatic rings. The van der Waals surface area contributed by atoms with Gasteiger partial charge in [-0.15, -0.1) is 0 Å². The van der Waals surface area contributed by atoms with Crippen LogP contribution in [0, 0.1) is 11.8 Å². The van der Waals surface area contributed by atoms with Crippen LogP contribution in [0.3, 0.4) is 0 Å². The highest BCUT2D eigenvalue weighted by molar-refractivity contribution is 5.86. The van der Waals surface area contributed by atoms with Gasteiger partial charge in [0.05, 0.1) is 19.3 Å². The maximum absolute atomic E-state index is 11.5. The van der Waals surface area contributed by atoms with Gasteiger partial charge >= 0.3 is 0 Å². The number of hydrogen-bond donors (Lipinski definition) is 0. The Labute approximate surface area is 155 Å². The number of carbonyl (C=O) groups is 1. The van der Waals surface area contributed by atoms with E-state index in [0.717, 1.165) is 38.2 Å². The van der Waals surface area contributed by atoms with Crippen LogP contribution < -0.4 is 0 Å². The second kappa shape index (κ2) is 13.3. The molecule has 4 heteroatoms. The van der Waals surface area contributed by atoms with Crippen LogP contribution in [0.15, 0.2) is 12.2 Å². The summed E-state index contributed by atoms with van der Waals surface area (Å²) in [6.45, 7) is 11.5. The zero-order chi connectivity index (χ0) is 19.3. The molecule has 0 saturated heterocycles. The van der Waals surface area contributed by atoms with Gasteiger partial charge in [0.25, 0.3) is 5.91 Å². The number of ether oxygens (including phenoxy) is 1. The lowest BCUT2D eigenvalue weighted by Gasteiger charge is -2.24. The van der Waals surface area contributed by atoms with Gasteiger partial charge in [0.1, 0.15) is 0 Å². The minimum Gasteiger partial charge on any atom is -0.376 e. The number of amides is 1. The van der Waals surface area contributed by atoms with E-state index in [0.29, 0.717) is 5.92 Å². The van der Waals surface area contributed by atoms with Gasteiger partial charge in [0, 0.05) is 13.1 Å². The maximum Gasteiger partial charge on any atom is 0.269 e. The van der Waals surface area contributed by atoms with Gasteiger partial charge in [0.2, 0.25) is 0 Å². The first-order valence-corrected chi connectivity index (χ1v) is 9.81. The number of likely N-dealkylation sites (N-methyl/N-ethyl adjacent to an activating group) is 1. The van der Waals surface area contributed by atoms with Crippen LogP contribution in [0.4, 0.5) is 0 Å². The summed E-state index contributed by atoms with van der Waals surface area (Å²) in [4.78, 5) is 16.3. The van der Waals surface area contributed by atoms with E-state index in [1.54, 1.807) is 13.1 Å². The SMILES string of the molecule is CC1CCC1.CCC[C@H](CC/C=C/C(=O)N(C)OC)COC(C)(C)C. The Bertz CT molecular complexity index is 370. The normalized spacial score (nSPS) is 16.1. The molecule has 1 aliphatic rings. The summed E-state index contributed by atoms with van der Waals surface area (Å²) < 4.78 is 5.86. The molecule has 0 spiro atoms. The number of hydroxylamine groups is 2. The molecule has 1 aliphatic carbocycles. The predicted molar refractivity (Wildman–Crippen MR) is 105 cm³/mol. The molecule has 0 N–H and O–H groups in total. The monoisotopic (exact) mass is 355 g/mol. The van der Waals surface area contributed by atoms with E-state index in [1.165, 1.54) is 31.4 Å². The molecule has 0 heterocycles. The fourth-order valence-electron chi connectivity index (χ4n) is 2.41. The van der Waals surface area contributed by atoms with Crippen LogP contribution in [0.25, 0.3) is 0 Å². The summed E-state index contributed by atoms with van der Waals surface area (Å²) in [6, 6.07) is 0. The second-order valence-corrected chi connectivity index (χ2v) is 8.11. The van der Waals surface area contributed by atoms with E-state index in [9.17, 15) is 4.79 Å². The lowest BCUT2D eigenvalue weighted by molar-refractivity contribution is -0.162. The first-order chi connectivity index (χ1) is 11.7. The molecular weight excluding hydrogens is 314 g/mol. The number of allylic oxidation sites excluding steroid dienone is 1. The fourth-order valence-corrected chi connectivity index (χ4v) is 2.41. The first-order valence-electron chi connectivity index (χ1n) is 9.81. The molecule has 4 nitrogen and oxygen atoms in total. The number of hydrogen-bond acceptors (Lipinski definition) is 3. The van der Waals surface area contributed by atoms with Crippen molar-refractivity contribution < 1.29 is 14.4 Å². The van der Waals surface area contributed by atoms with Gasteiger partial charge < -0.3 is 4.74 Å². The third kappa shape index (κ3) is 14.0. The minimum atomic E-state index is -0.134. The maximum atomic E-state index is 11.5. The van der Waals surface area contributed by atoms with Crippen molar-refractivity contribution in [3.63, 3.8) is 0 Å². The summed E-state index contributed by atoms with van der Waals surface area (Å²) in [6.07, 6.45) is 12.2. The van der Waals surface area contributed by atoms with Crippen molar-refractivity contribution in [2.75, 3.05) is 20.8 Å². The van der Waals surface area contributed by atoms with E-state index in [1.807, 2.05) is 6.08 Å². The third-order valence-corrected chi connectivity index (χ3v) is 4.43. The smallest absolute Gasteiger partial charge is 0.269 e. The molecule has 0 unspecified atom stereocenters. The zero-order valence-electron chi connectivity index (χ0n) is 17.6. The highest BCUT2D eigenvalue weighted by Crippen LogP contribution is 2.24. The van der Waals surface area contributed by atoms with Crippen molar-refractivity contribution in [3.8, 4) is 0 Å². The van der Waals surface area contributed by atoms with Crippen LogP contribution >= 0.6 is 0 Å². The average molecular weight is 356 g/mol. The highest BCUT2D eigenvalue weighted by atomic mass is 16.7. The molecule has 25 heavy (non-hydrogen) atoms. The molecule has 0 aromatic heterocycles. The Kier molecular flexibility index (Phi) is 12.9. The molecule has 1 atom stereocenters. The van der Waals surface area contributed by atoms with Crippen LogP contribution in [0.1, 0.15) is 79.6 Å². The highest BCUT2D eigenvalue weighted by Gasteiger charge is 2.14. The van der Waals surface area contributed by atoms with Gasteiger partial charge in [-0.1, -0.05) is 45.6 Å². The second-order valence-electron chi connectivity index (χ2n) is 8.11. The van der Waals surface area contributed by atoms with Crippen molar-refractivity contribution in [1.82, 2.24) is 5.06 Å². The quantitative estimate of drug-likeness (QED) is 0.412. The van der Waals surface area contributed by atoms with Crippen LogP contribution in [0.5, 0.6) is 0 Å². The van der Waals surface area contributed by atoms with E-state index in [2.05, 4.69) is 34.6 Å². The predicted octanol–water partition coefficient (Wildman–Crippen LogP) is 5.38. The van der Waals surface area contributed by atoms with Gasteiger partial charge in [-0.25, -0.2) is 5.06 Å². The third-order valence-electron chi connectivity index (χ3n) is 4.43. The number of carbonyl (C=O) groups excluding carboxylic acids is 1. The minimum absolute atomic E-state index is 0.0844. The molecule has 148 valence electrons. The number of rotatable bonds is 9. The average Bonchev–Trinajstić information content (AvgIpc) is 2.53. The van der Waals surface area contributed by atoms with E-state index >= 15 is 0 Å². The lowest BCUT2D eigenvalue weighted by atomic mass is 9.88. The molecule has 1 fully saturated rings. The zero-order valence-corrected chi connectivity index (χ0v) is 17.6. The van der Waals surface area contributed by atoms with Crippen molar-refractivity contribution in [2.24, 2.45) is 11.8 Å². The molecule has 1 rings (SSSR count).